The molecule has 1 saturated heterocycles. The standard InChI is InChI=1S/C22H25N3O2S/c1-17-7-5-10-19-20(17)23-22(28-19)25(21(26)18-8-3-2-4-9-18)12-6-11-24-13-15-27-16-14-24/h2-5,7-10H,6,11-16H2,1H3. The van der Waals surface area contributed by atoms with Crippen molar-refractivity contribution in [1.82, 2.24) is 9.88 Å². The number of carbonyl (C=O) groups excluding carboxylic acids is 1. The topological polar surface area (TPSA) is 45.7 Å². The predicted octanol–water partition coefficient (Wildman–Crippen LogP) is 3.97. The first kappa shape index (κ1) is 19.1. The van der Waals surface area contributed by atoms with E-state index < -0.39 is 0 Å². The van der Waals surface area contributed by atoms with Crippen LogP contribution in [-0.2, 0) is 4.74 Å². The minimum absolute atomic E-state index is 0.0132. The number of fused-ring (bicyclic) bond motifs is 1. The third kappa shape index (κ3) is 4.24. The van der Waals surface area contributed by atoms with E-state index in [4.69, 9.17) is 9.72 Å². The molecule has 1 aromatic heterocycles. The normalized spacial score (nSPS) is 15.0. The van der Waals surface area contributed by atoms with Crippen molar-refractivity contribution in [3.05, 3.63) is 59.7 Å². The highest BCUT2D eigenvalue weighted by atomic mass is 32.1. The zero-order chi connectivity index (χ0) is 19.3. The summed E-state index contributed by atoms with van der Waals surface area (Å²) in [5.74, 6) is 0.0132. The van der Waals surface area contributed by atoms with E-state index in [1.54, 1.807) is 11.3 Å². The summed E-state index contributed by atoms with van der Waals surface area (Å²) < 4.78 is 6.54. The van der Waals surface area contributed by atoms with Crippen LogP contribution in [-0.4, -0.2) is 55.2 Å². The molecule has 0 N–H and O–H groups in total. The Morgan fingerprint density at radius 1 is 1.14 bits per heavy atom. The molecule has 0 saturated carbocycles. The highest BCUT2D eigenvalue weighted by Crippen LogP contribution is 2.31. The molecule has 1 aliphatic heterocycles. The maximum atomic E-state index is 13.2. The molecule has 2 heterocycles. The fraction of sp³-hybridized carbons (Fsp3) is 0.364. The van der Waals surface area contributed by atoms with Crippen molar-refractivity contribution >= 4 is 32.6 Å². The van der Waals surface area contributed by atoms with Gasteiger partial charge in [0, 0.05) is 31.7 Å². The van der Waals surface area contributed by atoms with Crippen LogP contribution in [0.5, 0.6) is 0 Å². The minimum Gasteiger partial charge on any atom is -0.379 e. The summed E-state index contributed by atoms with van der Waals surface area (Å²) in [6, 6.07) is 15.7. The lowest BCUT2D eigenvalue weighted by molar-refractivity contribution is 0.0376. The summed E-state index contributed by atoms with van der Waals surface area (Å²) in [5, 5.41) is 0.778. The average molecular weight is 396 g/mol. The van der Waals surface area contributed by atoms with Gasteiger partial charge in [-0.15, -0.1) is 0 Å². The molecule has 28 heavy (non-hydrogen) atoms. The molecule has 1 amide bonds. The van der Waals surface area contributed by atoms with Crippen LogP contribution in [0, 0.1) is 6.92 Å². The van der Waals surface area contributed by atoms with E-state index in [0.717, 1.165) is 60.2 Å². The van der Waals surface area contributed by atoms with Crippen molar-refractivity contribution in [2.45, 2.75) is 13.3 Å². The molecule has 0 bridgehead atoms. The summed E-state index contributed by atoms with van der Waals surface area (Å²) in [4.78, 5) is 22.3. The summed E-state index contributed by atoms with van der Waals surface area (Å²) in [6.45, 7) is 7.21. The van der Waals surface area contributed by atoms with Gasteiger partial charge in [-0.2, -0.15) is 0 Å². The van der Waals surface area contributed by atoms with Gasteiger partial charge in [-0.1, -0.05) is 41.7 Å². The number of nitrogens with zero attached hydrogens (tertiary/aromatic N) is 3. The number of ether oxygens (including phenoxy) is 1. The second-order valence-corrected chi connectivity index (χ2v) is 8.06. The SMILES string of the molecule is Cc1cccc2sc(N(CCCN3CCOCC3)C(=O)c3ccccc3)nc12. The Bertz CT molecular complexity index is 935. The molecule has 3 aromatic rings. The molecular formula is C22H25N3O2S. The lowest BCUT2D eigenvalue weighted by atomic mass is 10.2. The highest BCUT2D eigenvalue weighted by Gasteiger charge is 2.22. The number of rotatable bonds is 6. The summed E-state index contributed by atoms with van der Waals surface area (Å²) in [6.07, 6.45) is 0.910. The third-order valence-electron chi connectivity index (χ3n) is 5.07. The van der Waals surface area contributed by atoms with Crippen molar-refractivity contribution in [2.75, 3.05) is 44.3 Å². The van der Waals surface area contributed by atoms with Crippen LogP contribution in [0.25, 0.3) is 10.2 Å². The number of aromatic nitrogens is 1. The van der Waals surface area contributed by atoms with Crippen LogP contribution < -0.4 is 4.90 Å². The Hall–Kier alpha value is -2.28. The smallest absolute Gasteiger partial charge is 0.260 e. The quantitative estimate of drug-likeness (QED) is 0.633. The largest absolute Gasteiger partial charge is 0.379 e. The van der Waals surface area contributed by atoms with Crippen LogP contribution in [0.15, 0.2) is 48.5 Å². The zero-order valence-corrected chi connectivity index (χ0v) is 17.0. The first-order valence-electron chi connectivity index (χ1n) is 9.75. The number of morpholine rings is 1. The number of amides is 1. The number of thiazole rings is 1. The van der Waals surface area contributed by atoms with Crippen LogP contribution in [0.2, 0.25) is 0 Å². The molecule has 1 fully saturated rings. The second-order valence-electron chi connectivity index (χ2n) is 7.05. The van der Waals surface area contributed by atoms with Gasteiger partial charge >= 0.3 is 0 Å². The van der Waals surface area contributed by atoms with Crippen LogP contribution in [0.3, 0.4) is 0 Å². The molecule has 146 valence electrons. The lowest BCUT2D eigenvalue weighted by Gasteiger charge is -2.27. The van der Waals surface area contributed by atoms with E-state index in [9.17, 15) is 4.79 Å². The molecule has 6 heteroatoms. The van der Waals surface area contributed by atoms with E-state index in [-0.39, 0.29) is 5.91 Å². The van der Waals surface area contributed by atoms with E-state index in [0.29, 0.717) is 12.1 Å². The van der Waals surface area contributed by atoms with Gasteiger partial charge < -0.3 is 4.74 Å². The van der Waals surface area contributed by atoms with Gasteiger partial charge in [0.2, 0.25) is 0 Å². The first-order chi connectivity index (χ1) is 13.7. The minimum atomic E-state index is 0.0132. The molecule has 0 spiro atoms. The lowest BCUT2D eigenvalue weighted by Crippen LogP contribution is -2.39. The van der Waals surface area contributed by atoms with Gasteiger partial charge in [0.1, 0.15) is 0 Å². The Kier molecular flexibility index (Phi) is 6.00. The number of benzene rings is 2. The first-order valence-corrected chi connectivity index (χ1v) is 10.6. The molecular weight excluding hydrogens is 370 g/mol. The third-order valence-corrected chi connectivity index (χ3v) is 6.11. The summed E-state index contributed by atoms with van der Waals surface area (Å²) in [7, 11) is 0. The zero-order valence-electron chi connectivity index (χ0n) is 16.1. The number of hydrogen-bond acceptors (Lipinski definition) is 5. The van der Waals surface area contributed by atoms with Gasteiger partial charge in [-0.05, 0) is 37.1 Å². The maximum Gasteiger partial charge on any atom is 0.260 e. The van der Waals surface area contributed by atoms with Crippen molar-refractivity contribution in [3.8, 4) is 0 Å². The van der Waals surface area contributed by atoms with Crippen molar-refractivity contribution in [3.63, 3.8) is 0 Å². The van der Waals surface area contributed by atoms with Crippen molar-refractivity contribution < 1.29 is 9.53 Å². The van der Waals surface area contributed by atoms with Gasteiger partial charge in [0.05, 0.1) is 23.4 Å². The molecule has 0 unspecified atom stereocenters. The van der Waals surface area contributed by atoms with Crippen LogP contribution >= 0.6 is 11.3 Å². The molecule has 0 radical (unpaired) electrons. The van der Waals surface area contributed by atoms with Gasteiger partial charge in [0.15, 0.2) is 5.13 Å². The van der Waals surface area contributed by atoms with E-state index in [1.807, 2.05) is 41.3 Å². The number of aryl methyl sites for hydroxylation is 1. The molecule has 0 aliphatic carbocycles. The fourth-order valence-electron chi connectivity index (χ4n) is 3.49. The van der Waals surface area contributed by atoms with E-state index in [1.165, 1.54) is 0 Å². The Labute approximate surface area is 169 Å². The monoisotopic (exact) mass is 395 g/mol. The molecule has 2 aromatic carbocycles. The number of para-hydroxylation sites is 1. The van der Waals surface area contributed by atoms with E-state index in [2.05, 4.69) is 24.0 Å². The highest BCUT2D eigenvalue weighted by molar-refractivity contribution is 7.22. The average Bonchev–Trinajstić information content (AvgIpc) is 3.17. The Balaban J connectivity index is 1.56. The van der Waals surface area contributed by atoms with Crippen molar-refractivity contribution in [1.29, 1.82) is 0 Å². The van der Waals surface area contributed by atoms with E-state index >= 15 is 0 Å². The molecule has 1 aliphatic rings. The molecule has 0 atom stereocenters. The number of carbonyl (C=O) groups is 1. The molecule has 5 nitrogen and oxygen atoms in total. The maximum absolute atomic E-state index is 13.2. The molecule has 4 rings (SSSR count). The Morgan fingerprint density at radius 2 is 1.93 bits per heavy atom. The summed E-state index contributed by atoms with van der Waals surface area (Å²) in [5.41, 5.74) is 2.83. The Morgan fingerprint density at radius 3 is 2.68 bits per heavy atom. The van der Waals surface area contributed by atoms with Gasteiger partial charge in [0.25, 0.3) is 5.91 Å². The number of hydrogen-bond donors (Lipinski definition) is 0. The summed E-state index contributed by atoms with van der Waals surface area (Å²) >= 11 is 1.59. The second kappa shape index (κ2) is 8.82. The van der Waals surface area contributed by atoms with Gasteiger partial charge in [-0.25, -0.2) is 4.98 Å². The van der Waals surface area contributed by atoms with Crippen molar-refractivity contribution in [2.24, 2.45) is 0 Å². The van der Waals surface area contributed by atoms with Crippen LogP contribution in [0.4, 0.5) is 5.13 Å². The predicted molar refractivity (Wildman–Crippen MR) is 114 cm³/mol. The van der Waals surface area contributed by atoms with Gasteiger partial charge in [-0.3, -0.25) is 14.6 Å². The fourth-order valence-corrected chi connectivity index (χ4v) is 4.56. The van der Waals surface area contributed by atoms with Crippen LogP contribution in [0.1, 0.15) is 22.3 Å². The number of anilines is 1.